The van der Waals surface area contributed by atoms with Crippen LogP contribution in [-0.2, 0) is 9.59 Å². The average Bonchev–Trinajstić information content (AvgIpc) is 2.66. The van der Waals surface area contributed by atoms with Crippen LogP contribution in [0.2, 0.25) is 0 Å². The van der Waals surface area contributed by atoms with Crippen LogP contribution < -0.4 is 15.4 Å². The van der Waals surface area contributed by atoms with Gasteiger partial charge in [0.1, 0.15) is 11.5 Å². The molecule has 0 bridgehead atoms. The molecule has 1 aromatic heterocycles. The Morgan fingerprint density at radius 3 is 1.73 bits per heavy atom. The monoisotopic (exact) mass is 347 g/mol. The first-order chi connectivity index (χ1) is 12.6. The molecule has 0 aliphatic rings. The lowest BCUT2D eigenvalue weighted by Gasteiger charge is -2.08. The number of rotatable bonds is 4. The highest BCUT2D eigenvalue weighted by molar-refractivity contribution is 6.43. The quantitative estimate of drug-likeness (QED) is 0.704. The number of ether oxygens (including phenoxy) is 1. The largest absolute Gasteiger partial charge is 0.457 e. The lowest BCUT2D eigenvalue weighted by Crippen LogP contribution is -2.29. The number of carbonyl (C=O) groups excluding carboxylic acids is 2. The van der Waals surface area contributed by atoms with Crippen LogP contribution in [0.15, 0.2) is 73.1 Å². The van der Waals surface area contributed by atoms with Crippen molar-refractivity contribution in [2.24, 2.45) is 0 Å². The fourth-order valence-electron chi connectivity index (χ4n) is 2.16. The first-order valence-corrected chi connectivity index (χ1v) is 7.97. The molecule has 0 spiro atoms. The zero-order valence-corrected chi connectivity index (χ0v) is 14.1. The third-order valence-corrected chi connectivity index (χ3v) is 3.51. The first kappa shape index (κ1) is 17.2. The van der Waals surface area contributed by atoms with Gasteiger partial charge in [0, 0.05) is 23.8 Å². The number of hydrogen-bond donors (Lipinski definition) is 2. The van der Waals surface area contributed by atoms with E-state index < -0.39 is 11.8 Å². The average molecular weight is 347 g/mol. The van der Waals surface area contributed by atoms with Gasteiger partial charge in [-0.25, -0.2) is 0 Å². The van der Waals surface area contributed by atoms with Crippen molar-refractivity contribution in [3.63, 3.8) is 0 Å². The number of anilines is 2. The molecule has 3 aromatic rings. The van der Waals surface area contributed by atoms with Crippen LogP contribution in [0.25, 0.3) is 0 Å². The summed E-state index contributed by atoms with van der Waals surface area (Å²) >= 11 is 0. The number of carbonyl (C=O) groups is 2. The van der Waals surface area contributed by atoms with Crippen LogP contribution in [0.4, 0.5) is 11.4 Å². The summed E-state index contributed by atoms with van der Waals surface area (Å²) in [6.07, 6.45) is 3.27. The molecule has 0 unspecified atom stereocenters. The minimum atomic E-state index is -0.742. The Bertz CT molecular complexity index is 892. The Kier molecular flexibility index (Phi) is 5.24. The highest BCUT2D eigenvalue weighted by Crippen LogP contribution is 2.22. The number of amides is 2. The molecule has 2 N–H and O–H groups in total. The maximum atomic E-state index is 12.0. The van der Waals surface area contributed by atoms with Crippen molar-refractivity contribution in [1.82, 2.24) is 4.98 Å². The van der Waals surface area contributed by atoms with Crippen LogP contribution in [0, 0.1) is 6.92 Å². The maximum Gasteiger partial charge on any atom is 0.314 e. The summed E-state index contributed by atoms with van der Waals surface area (Å²) in [6.45, 7) is 1.94. The summed E-state index contributed by atoms with van der Waals surface area (Å²) < 4.78 is 5.64. The highest BCUT2D eigenvalue weighted by atomic mass is 16.5. The van der Waals surface area contributed by atoms with Gasteiger partial charge in [0.25, 0.3) is 0 Å². The summed E-state index contributed by atoms with van der Waals surface area (Å²) in [5.41, 5.74) is 2.13. The lowest BCUT2D eigenvalue weighted by atomic mass is 10.2. The summed E-state index contributed by atoms with van der Waals surface area (Å²) in [5.74, 6) is -0.202. The van der Waals surface area contributed by atoms with Gasteiger partial charge in [-0.15, -0.1) is 0 Å². The molecule has 2 aromatic carbocycles. The molecule has 0 saturated heterocycles. The minimum absolute atomic E-state index is 0.496. The maximum absolute atomic E-state index is 12.0. The summed E-state index contributed by atoms with van der Waals surface area (Å²) in [5, 5.41) is 5.10. The molecule has 0 saturated carbocycles. The fraction of sp³-hybridized carbons (Fsp3) is 0.0500. The van der Waals surface area contributed by atoms with Gasteiger partial charge in [0.15, 0.2) is 0 Å². The summed E-state index contributed by atoms with van der Waals surface area (Å²) in [6, 6.07) is 17.4. The van der Waals surface area contributed by atoms with Crippen molar-refractivity contribution >= 4 is 23.2 Å². The van der Waals surface area contributed by atoms with Crippen molar-refractivity contribution in [2.45, 2.75) is 6.92 Å². The normalized spacial score (nSPS) is 10.0. The fourth-order valence-corrected chi connectivity index (χ4v) is 2.16. The van der Waals surface area contributed by atoms with E-state index in [9.17, 15) is 9.59 Å². The van der Waals surface area contributed by atoms with Crippen LogP contribution >= 0.6 is 0 Å². The van der Waals surface area contributed by atoms with Crippen molar-refractivity contribution in [1.29, 1.82) is 0 Å². The molecule has 6 nitrogen and oxygen atoms in total. The number of aromatic nitrogens is 1. The first-order valence-electron chi connectivity index (χ1n) is 7.97. The number of benzene rings is 2. The summed E-state index contributed by atoms with van der Waals surface area (Å²) in [7, 11) is 0. The molecule has 0 atom stereocenters. The van der Waals surface area contributed by atoms with E-state index in [1.807, 2.05) is 19.1 Å². The number of aryl methyl sites for hydroxylation is 1. The predicted molar refractivity (Wildman–Crippen MR) is 99.2 cm³/mol. The standard InChI is InChI=1S/C20H17N3O3/c1-14-2-4-15(5-3-14)22-19(24)20(25)23-16-6-8-17(9-7-16)26-18-10-12-21-13-11-18/h2-13H,1H3,(H,22,24)(H,23,25). The zero-order chi connectivity index (χ0) is 18.4. The molecule has 1 heterocycles. The van der Waals surface area contributed by atoms with Gasteiger partial charge in [-0.3, -0.25) is 14.6 Å². The molecule has 130 valence electrons. The van der Waals surface area contributed by atoms with Crippen LogP contribution in [0.3, 0.4) is 0 Å². The number of nitrogens with one attached hydrogen (secondary N) is 2. The van der Waals surface area contributed by atoms with Gasteiger partial charge in [-0.2, -0.15) is 0 Å². The van der Waals surface area contributed by atoms with Gasteiger partial charge in [-0.05, 0) is 55.5 Å². The molecule has 2 amide bonds. The second-order valence-electron chi connectivity index (χ2n) is 5.58. The Balaban J connectivity index is 1.57. The van der Waals surface area contributed by atoms with Crippen molar-refractivity contribution < 1.29 is 14.3 Å². The zero-order valence-electron chi connectivity index (χ0n) is 14.1. The lowest BCUT2D eigenvalue weighted by molar-refractivity contribution is -0.132. The molecule has 6 heteroatoms. The molecule has 3 rings (SSSR count). The van der Waals surface area contributed by atoms with E-state index in [2.05, 4.69) is 15.6 Å². The number of hydrogen-bond acceptors (Lipinski definition) is 4. The van der Waals surface area contributed by atoms with Crippen molar-refractivity contribution in [3.8, 4) is 11.5 Å². The van der Waals surface area contributed by atoms with Crippen LogP contribution in [0.5, 0.6) is 11.5 Å². The van der Waals surface area contributed by atoms with E-state index in [0.717, 1.165) is 5.56 Å². The van der Waals surface area contributed by atoms with E-state index in [4.69, 9.17) is 4.74 Å². The Morgan fingerprint density at radius 1 is 0.731 bits per heavy atom. The Hall–Kier alpha value is -3.67. The van der Waals surface area contributed by atoms with Gasteiger partial charge in [0.2, 0.25) is 0 Å². The predicted octanol–water partition coefficient (Wildman–Crippen LogP) is 3.76. The minimum Gasteiger partial charge on any atom is -0.457 e. The molecular weight excluding hydrogens is 330 g/mol. The highest BCUT2D eigenvalue weighted by Gasteiger charge is 2.14. The number of nitrogens with zero attached hydrogens (tertiary/aromatic N) is 1. The topological polar surface area (TPSA) is 80.3 Å². The number of pyridine rings is 1. The van der Waals surface area contributed by atoms with E-state index in [1.54, 1.807) is 60.9 Å². The van der Waals surface area contributed by atoms with Crippen LogP contribution in [-0.4, -0.2) is 16.8 Å². The second-order valence-corrected chi connectivity index (χ2v) is 5.58. The molecular formula is C20H17N3O3. The van der Waals surface area contributed by atoms with Gasteiger partial charge < -0.3 is 15.4 Å². The van der Waals surface area contributed by atoms with Crippen molar-refractivity contribution in [3.05, 3.63) is 78.6 Å². The van der Waals surface area contributed by atoms with Gasteiger partial charge >= 0.3 is 11.8 Å². The molecule has 0 aliphatic heterocycles. The van der Waals surface area contributed by atoms with E-state index >= 15 is 0 Å². The van der Waals surface area contributed by atoms with Gasteiger partial charge in [0.05, 0.1) is 0 Å². The van der Waals surface area contributed by atoms with E-state index in [0.29, 0.717) is 22.9 Å². The third-order valence-electron chi connectivity index (χ3n) is 3.51. The third kappa shape index (κ3) is 4.67. The van der Waals surface area contributed by atoms with Gasteiger partial charge in [-0.1, -0.05) is 17.7 Å². The molecule has 0 fully saturated rings. The van der Waals surface area contributed by atoms with E-state index in [-0.39, 0.29) is 0 Å². The van der Waals surface area contributed by atoms with Crippen LogP contribution in [0.1, 0.15) is 5.56 Å². The molecule has 0 aliphatic carbocycles. The molecule has 26 heavy (non-hydrogen) atoms. The van der Waals surface area contributed by atoms with E-state index in [1.165, 1.54) is 0 Å². The SMILES string of the molecule is Cc1ccc(NC(=O)C(=O)Nc2ccc(Oc3ccncc3)cc2)cc1. The second kappa shape index (κ2) is 7.94. The Labute approximate surface area is 150 Å². The summed E-state index contributed by atoms with van der Waals surface area (Å²) in [4.78, 5) is 27.9. The molecule has 0 radical (unpaired) electrons. The Morgan fingerprint density at radius 2 is 1.19 bits per heavy atom. The smallest absolute Gasteiger partial charge is 0.314 e. The van der Waals surface area contributed by atoms with Crippen molar-refractivity contribution in [2.75, 3.05) is 10.6 Å².